The molecular formula is C17H23NO. The molecule has 0 atom stereocenters. The summed E-state index contributed by atoms with van der Waals surface area (Å²) in [5.74, 6) is 0.982. The van der Waals surface area contributed by atoms with Gasteiger partial charge in [0, 0.05) is 6.04 Å². The molecule has 0 heterocycles. The molecule has 1 aromatic carbocycles. The molecule has 3 rings (SSSR count). The molecule has 1 aromatic rings. The van der Waals surface area contributed by atoms with Crippen molar-refractivity contribution in [2.24, 2.45) is 5.73 Å². The minimum absolute atomic E-state index is 0.338. The molecule has 2 aliphatic carbocycles. The number of ether oxygens (including phenoxy) is 1. The lowest BCUT2D eigenvalue weighted by molar-refractivity contribution is 0.269. The Balaban J connectivity index is 1.94. The maximum atomic E-state index is 6.07. The Morgan fingerprint density at radius 2 is 2.11 bits per heavy atom. The van der Waals surface area contributed by atoms with E-state index in [1.807, 2.05) is 6.92 Å². The van der Waals surface area contributed by atoms with Crippen LogP contribution in [0.5, 0.6) is 5.75 Å². The third kappa shape index (κ3) is 2.30. The van der Waals surface area contributed by atoms with Crippen LogP contribution in [-0.4, -0.2) is 12.6 Å². The van der Waals surface area contributed by atoms with Gasteiger partial charge in [0.1, 0.15) is 5.75 Å². The van der Waals surface area contributed by atoms with E-state index in [0.717, 1.165) is 25.2 Å². The van der Waals surface area contributed by atoms with Crippen molar-refractivity contribution in [3.05, 3.63) is 35.4 Å². The fraction of sp³-hybridized carbons (Fsp3) is 0.529. The van der Waals surface area contributed by atoms with Crippen LogP contribution in [0, 0.1) is 0 Å². The number of allylic oxidation sites excluding steroid dienone is 1. The van der Waals surface area contributed by atoms with E-state index in [2.05, 4.69) is 30.4 Å². The molecule has 19 heavy (non-hydrogen) atoms. The molecule has 0 radical (unpaired) electrons. The molecule has 0 aromatic heterocycles. The first-order valence-electron chi connectivity index (χ1n) is 7.43. The second-order valence-corrected chi connectivity index (χ2v) is 5.91. The summed E-state index contributed by atoms with van der Waals surface area (Å²) < 4.78 is 5.61. The molecule has 2 nitrogen and oxygen atoms in total. The van der Waals surface area contributed by atoms with Crippen molar-refractivity contribution >= 4 is 6.08 Å². The second-order valence-electron chi connectivity index (χ2n) is 5.91. The van der Waals surface area contributed by atoms with E-state index in [1.165, 1.54) is 30.4 Å². The standard InChI is InChI=1S/C17H23NO/c1-2-19-15-5-6-16-13(12-15)4-3-9-17(16)10-7-14(18)8-11-17/h3-6,12,14H,2,7-11,18H2,1H3. The fourth-order valence-corrected chi connectivity index (χ4v) is 3.61. The molecule has 2 aliphatic rings. The van der Waals surface area contributed by atoms with Crippen molar-refractivity contribution in [1.29, 1.82) is 0 Å². The minimum Gasteiger partial charge on any atom is -0.494 e. The summed E-state index contributed by atoms with van der Waals surface area (Å²) >= 11 is 0. The minimum atomic E-state index is 0.338. The number of rotatable bonds is 2. The predicted molar refractivity (Wildman–Crippen MR) is 79.4 cm³/mol. The summed E-state index contributed by atoms with van der Waals surface area (Å²) in [6.45, 7) is 2.75. The first-order chi connectivity index (χ1) is 9.23. The third-order valence-corrected chi connectivity index (χ3v) is 4.70. The Kier molecular flexibility index (Phi) is 3.36. The van der Waals surface area contributed by atoms with Crippen molar-refractivity contribution in [3.63, 3.8) is 0 Å². The van der Waals surface area contributed by atoms with Crippen molar-refractivity contribution < 1.29 is 4.74 Å². The maximum absolute atomic E-state index is 6.07. The van der Waals surface area contributed by atoms with E-state index in [0.29, 0.717) is 11.5 Å². The highest BCUT2D eigenvalue weighted by Crippen LogP contribution is 2.46. The highest BCUT2D eigenvalue weighted by molar-refractivity contribution is 5.61. The molecule has 2 N–H and O–H groups in total. The smallest absolute Gasteiger partial charge is 0.119 e. The molecule has 1 saturated carbocycles. The molecule has 1 fully saturated rings. The van der Waals surface area contributed by atoms with E-state index in [-0.39, 0.29) is 0 Å². The molecule has 1 spiro atoms. The van der Waals surface area contributed by atoms with Gasteiger partial charge in [0.25, 0.3) is 0 Å². The highest BCUT2D eigenvalue weighted by atomic mass is 16.5. The summed E-state index contributed by atoms with van der Waals surface area (Å²) in [5, 5.41) is 0. The van der Waals surface area contributed by atoms with E-state index < -0.39 is 0 Å². The number of nitrogens with two attached hydrogens (primary N) is 1. The van der Waals surface area contributed by atoms with Crippen LogP contribution in [0.25, 0.3) is 6.08 Å². The molecule has 0 saturated heterocycles. The van der Waals surface area contributed by atoms with E-state index in [1.54, 1.807) is 0 Å². The highest BCUT2D eigenvalue weighted by Gasteiger charge is 2.37. The maximum Gasteiger partial charge on any atom is 0.119 e. The number of hydrogen-bond acceptors (Lipinski definition) is 2. The van der Waals surface area contributed by atoms with Crippen molar-refractivity contribution in [3.8, 4) is 5.75 Å². The van der Waals surface area contributed by atoms with Crippen LogP contribution >= 0.6 is 0 Å². The van der Waals surface area contributed by atoms with Crippen molar-refractivity contribution in [2.75, 3.05) is 6.61 Å². The molecule has 2 heteroatoms. The van der Waals surface area contributed by atoms with Gasteiger partial charge in [-0.1, -0.05) is 18.2 Å². The average Bonchev–Trinajstić information content (AvgIpc) is 2.43. The van der Waals surface area contributed by atoms with Gasteiger partial charge in [-0.2, -0.15) is 0 Å². The van der Waals surface area contributed by atoms with Gasteiger partial charge in [-0.05, 0) is 67.7 Å². The van der Waals surface area contributed by atoms with Crippen LogP contribution in [0.15, 0.2) is 24.3 Å². The fourth-order valence-electron chi connectivity index (χ4n) is 3.61. The third-order valence-electron chi connectivity index (χ3n) is 4.70. The number of benzene rings is 1. The lowest BCUT2D eigenvalue weighted by atomic mass is 9.63. The van der Waals surface area contributed by atoms with E-state index in [4.69, 9.17) is 10.5 Å². The van der Waals surface area contributed by atoms with Crippen molar-refractivity contribution in [2.45, 2.75) is 50.5 Å². The van der Waals surface area contributed by atoms with Crippen LogP contribution < -0.4 is 10.5 Å². The number of hydrogen-bond donors (Lipinski definition) is 1. The summed E-state index contributed by atoms with van der Waals surface area (Å²) in [6.07, 6.45) is 10.5. The van der Waals surface area contributed by atoms with Gasteiger partial charge in [-0.15, -0.1) is 0 Å². The van der Waals surface area contributed by atoms with E-state index in [9.17, 15) is 0 Å². The van der Waals surface area contributed by atoms with Gasteiger partial charge >= 0.3 is 0 Å². The quantitative estimate of drug-likeness (QED) is 0.878. The zero-order chi connectivity index (χ0) is 13.3. The normalized spacial score (nSPS) is 29.3. The SMILES string of the molecule is CCOc1ccc2c(c1)C=CCC21CCC(N)CC1. The first kappa shape index (κ1) is 12.7. The predicted octanol–water partition coefficient (Wildman–Crippen LogP) is 3.64. The Morgan fingerprint density at radius 3 is 2.84 bits per heavy atom. The van der Waals surface area contributed by atoms with E-state index >= 15 is 0 Å². The lowest BCUT2D eigenvalue weighted by Gasteiger charge is -2.42. The second kappa shape index (κ2) is 5.01. The van der Waals surface area contributed by atoms with Crippen molar-refractivity contribution in [1.82, 2.24) is 0 Å². The molecule has 102 valence electrons. The monoisotopic (exact) mass is 257 g/mol. The molecule has 0 amide bonds. The summed E-state index contributed by atoms with van der Waals surface area (Å²) in [7, 11) is 0. The van der Waals surface area contributed by atoms with Gasteiger partial charge in [-0.25, -0.2) is 0 Å². The zero-order valence-corrected chi connectivity index (χ0v) is 11.7. The summed E-state index contributed by atoms with van der Waals surface area (Å²) in [5.41, 5.74) is 9.25. The lowest BCUT2D eigenvalue weighted by Crippen LogP contribution is -2.38. The zero-order valence-electron chi connectivity index (χ0n) is 11.7. The van der Waals surface area contributed by atoms with Crippen LogP contribution in [-0.2, 0) is 5.41 Å². The van der Waals surface area contributed by atoms with Gasteiger partial charge in [0.05, 0.1) is 6.61 Å². The topological polar surface area (TPSA) is 35.2 Å². The Morgan fingerprint density at radius 1 is 1.32 bits per heavy atom. The van der Waals surface area contributed by atoms with Gasteiger partial charge in [0.2, 0.25) is 0 Å². The largest absolute Gasteiger partial charge is 0.494 e. The summed E-state index contributed by atoms with van der Waals surface area (Å²) in [4.78, 5) is 0. The van der Waals surface area contributed by atoms with Crippen LogP contribution in [0.4, 0.5) is 0 Å². The summed E-state index contributed by atoms with van der Waals surface area (Å²) in [6, 6.07) is 6.99. The molecule has 0 unspecified atom stereocenters. The van der Waals surface area contributed by atoms with Gasteiger partial charge in [0.15, 0.2) is 0 Å². The Hall–Kier alpha value is -1.28. The van der Waals surface area contributed by atoms with Crippen LogP contribution in [0.2, 0.25) is 0 Å². The number of fused-ring (bicyclic) bond motifs is 2. The Bertz CT molecular complexity index is 484. The van der Waals surface area contributed by atoms with Crippen LogP contribution in [0.3, 0.4) is 0 Å². The van der Waals surface area contributed by atoms with Gasteiger partial charge < -0.3 is 10.5 Å². The Labute approximate surface area is 115 Å². The molecule has 0 bridgehead atoms. The van der Waals surface area contributed by atoms with Crippen LogP contribution in [0.1, 0.15) is 50.2 Å². The first-order valence-corrected chi connectivity index (χ1v) is 7.43. The molecule has 0 aliphatic heterocycles. The average molecular weight is 257 g/mol. The van der Waals surface area contributed by atoms with Gasteiger partial charge in [-0.3, -0.25) is 0 Å². The molecular weight excluding hydrogens is 234 g/mol.